The van der Waals surface area contributed by atoms with Crippen LogP contribution >= 0.6 is 0 Å². The van der Waals surface area contributed by atoms with Gasteiger partial charge in [0.1, 0.15) is 12.4 Å². The number of allylic oxidation sites excluding steroid dienone is 4. The van der Waals surface area contributed by atoms with Gasteiger partial charge in [0.25, 0.3) is 0 Å². The summed E-state index contributed by atoms with van der Waals surface area (Å²) in [5.41, 5.74) is 6.71. The molecule has 0 saturated heterocycles. The van der Waals surface area contributed by atoms with E-state index < -0.39 is 12.8 Å². The van der Waals surface area contributed by atoms with E-state index in [2.05, 4.69) is 14.7 Å². The summed E-state index contributed by atoms with van der Waals surface area (Å²) in [4.78, 5) is 8.61. The highest BCUT2D eigenvalue weighted by Crippen LogP contribution is 2.22. The van der Waals surface area contributed by atoms with Crippen molar-refractivity contribution < 1.29 is 22.6 Å². The first-order valence-corrected chi connectivity index (χ1v) is 7.12. The molecule has 2 rings (SSSR count). The van der Waals surface area contributed by atoms with Gasteiger partial charge in [-0.1, -0.05) is 24.3 Å². The summed E-state index contributed by atoms with van der Waals surface area (Å²) in [6.45, 7) is -1.30. The number of anilines is 1. The van der Waals surface area contributed by atoms with E-state index in [0.29, 0.717) is 17.2 Å². The van der Waals surface area contributed by atoms with Crippen molar-refractivity contribution in [2.75, 3.05) is 25.6 Å². The Bertz CT molecular complexity index is 574. The Morgan fingerprint density at radius 2 is 2.00 bits per heavy atom. The van der Waals surface area contributed by atoms with Crippen LogP contribution in [0.1, 0.15) is 23.9 Å². The summed E-state index contributed by atoms with van der Waals surface area (Å²) >= 11 is 0. The van der Waals surface area contributed by atoms with Gasteiger partial charge in [-0.25, -0.2) is 9.97 Å². The van der Waals surface area contributed by atoms with Crippen LogP contribution in [0.4, 0.5) is 18.9 Å². The van der Waals surface area contributed by atoms with E-state index in [-0.39, 0.29) is 25.7 Å². The lowest BCUT2D eigenvalue weighted by atomic mass is 10.00. The Morgan fingerprint density at radius 3 is 2.70 bits per heavy atom. The average Bonchev–Trinajstić information content (AvgIpc) is 2.52. The van der Waals surface area contributed by atoms with Gasteiger partial charge >= 0.3 is 6.18 Å². The van der Waals surface area contributed by atoms with Gasteiger partial charge in [-0.15, -0.1) is 0 Å². The lowest BCUT2D eigenvalue weighted by molar-refractivity contribution is -0.176. The van der Waals surface area contributed by atoms with Crippen LogP contribution in [0, 0.1) is 0 Å². The summed E-state index contributed by atoms with van der Waals surface area (Å²) in [5, 5.41) is 0. The molecule has 0 radical (unpaired) electrons. The third-order valence-corrected chi connectivity index (χ3v) is 3.11. The van der Waals surface area contributed by atoms with Gasteiger partial charge in [0.15, 0.2) is 0 Å². The Labute approximate surface area is 132 Å². The highest BCUT2D eigenvalue weighted by molar-refractivity contribution is 5.40. The Balaban J connectivity index is 1.80. The zero-order chi connectivity index (χ0) is 16.7. The topological polar surface area (TPSA) is 70.3 Å². The monoisotopic (exact) mass is 329 g/mol. The molecule has 0 fully saturated rings. The van der Waals surface area contributed by atoms with E-state index in [9.17, 15) is 13.2 Å². The number of hydrogen-bond acceptors (Lipinski definition) is 5. The molecule has 126 valence electrons. The largest absolute Gasteiger partial charge is 0.411 e. The van der Waals surface area contributed by atoms with E-state index in [1.54, 1.807) is 0 Å². The van der Waals surface area contributed by atoms with Crippen molar-refractivity contribution >= 4 is 5.69 Å². The number of halogens is 3. The molecule has 0 aliphatic heterocycles. The Hall–Kier alpha value is -1.93. The van der Waals surface area contributed by atoms with Gasteiger partial charge in [-0.05, 0) is 6.42 Å². The molecule has 1 aromatic rings. The summed E-state index contributed by atoms with van der Waals surface area (Å²) in [5.74, 6) is 0.737. The minimum atomic E-state index is -4.33. The molecule has 0 amide bonds. The van der Waals surface area contributed by atoms with Crippen LogP contribution in [-0.2, 0) is 16.1 Å². The number of nitrogens with two attached hydrogens (primary N) is 1. The van der Waals surface area contributed by atoms with Crippen molar-refractivity contribution in [3.8, 4) is 0 Å². The number of rotatable bonds is 7. The Kier molecular flexibility index (Phi) is 6.12. The quantitative estimate of drug-likeness (QED) is 0.779. The second kappa shape index (κ2) is 8.07. The van der Waals surface area contributed by atoms with Crippen LogP contribution in [0.2, 0.25) is 0 Å². The van der Waals surface area contributed by atoms with Crippen molar-refractivity contribution in [1.82, 2.24) is 9.97 Å². The number of nitrogens with zero attached hydrogens (tertiary/aromatic N) is 2. The van der Waals surface area contributed by atoms with Crippen molar-refractivity contribution in [3.05, 3.63) is 42.0 Å². The van der Waals surface area contributed by atoms with Crippen molar-refractivity contribution in [2.45, 2.75) is 25.1 Å². The van der Waals surface area contributed by atoms with E-state index in [4.69, 9.17) is 10.5 Å². The molecule has 1 aliphatic carbocycles. The molecule has 1 aromatic heterocycles. The van der Waals surface area contributed by atoms with Gasteiger partial charge in [0.2, 0.25) is 0 Å². The van der Waals surface area contributed by atoms with Gasteiger partial charge < -0.3 is 15.2 Å². The van der Waals surface area contributed by atoms with E-state index >= 15 is 0 Å². The normalized spacial score (nSPS) is 17.6. The molecule has 1 heterocycles. The molecule has 8 heteroatoms. The first-order valence-electron chi connectivity index (χ1n) is 7.12. The number of alkyl halides is 3. The summed E-state index contributed by atoms with van der Waals surface area (Å²) in [7, 11) is 0. The maximum Gasteiger partial charge on any atom is 0.411 e. The van der Waals surface area contributed by atoms with Crippen LogP contribution < -0.4 is 5.73 Å². The highest BCUT2D eigenvalue weighted by atomic mass is 19.4. The molecule has 0 aromatic carbocycles. The maximum absolute atomic E-state index is 11.9. The van der Waals surface area contributed by atoms with E-state index in [1.807, 2.05) is 24.3 Å². The maximum atomic E-state index is 11.9. The molecule has 1 aliphatic rings. The zero-order valence-electron chi connectivity index (χ0n) is 12.4. The second-order valence-electron chi connectivity index (χ2n) is 5.01. The third-order valence-electron chi connectivity index (χ3n) is 3.11. The fourth-order valence-corrected chi connectivity index (χ4v) is 1.98. The summed E-state index contributed by atoms with van der Waals surface area (Å²) in [6, 6.07) is 0. The van der Waals surface area contributed by atoms with Crippen molar-refractivity contribution in [3.63, 3.8) is 0 Å². The van der Waals surface area contributed by atoms with Gasteiger partial charge in [-0.2, -0.15) is 13.2 Å². The zero-order valence-corrected chi connectivity index (χ0v) is 12.4. The van der Waals surface area contributed by atoms with Crippen molar-refractivity contribution in [1.29, 1.82) is 0 Å². The number of aromatic nitrogens is 2. The molecule has 1 unspecified atom stereocenters. The fraction of sp³-hybridized carbons (Fsp3) is 0.467. The van der Waals surface area contributed by atoms with Gasteiger partial charge in [0, 0.05) is 5.92 Å². The van der Waals surface area contributed by atoms with Crippen LogP contribution in [0.15, 0.2) is 30.5 Å². The predicted molar refractivity (Wildman–Crippen MR) is 78.6 cm³/mol. The summed E-state index contributed by atoms with van der Waals surface area (Å²) < 4.78 is 45.4. The van der Waals surface area contributed by atoms with Crippen LogP contribution in [-0.4, -0.2) is 36.0 Å². The summed E-state index contributed by atoms with van der Waals surface area (Å²) in [6.07, 6.45) is 5.92. The number of hydrogen-bond donors (Lipinski definition) is 1. The molecule has 1 atom stereocenters. The molecule has 0 spiro atoms. The molecular weight excluding hydrogens is 311 g/mol. The molecular formula is C15H18F3N3O2. The Morgan fingerprint density at radius 1 is 1.22 bits per heavy atom. The standard InChI is InChI=1S/C15H18F3N3O2/c16-15(17,18)10-23-7-6-22-9-13-12(19)8-20-14(21-13)11-4-2-1-3-5-11/h1-4,8,11H,5-7,9-10,19H2. The minimum absolute atomic E-state index is 0.0287. The first kappa shape index (κ1) is 17.4. The lowest BCUT2D eigenvalue weighted by Gasteiger charge is -2.14. The molecule has 2 N–H and O–H groups in total. The smallest absolute Gasteiger partial charge is 0.396 e. The highest BCUT2D eigenvalue weighted by Gasteiger charge is 2.27. The second-order valence-corrected chi connectivity index (χ2v) is 5.01. The first-order chi connectivity index (χ1) is 11.0. The van der Waals surface area contributed by atoms with Crippen LogP contribution in [0.3, 0.4) is 0 Å². The van der Waals surface area contributed by atoms with E-state index in [0.717, 1.165) is 6.42 Å². The SMILES string of the molecule is Nc1cnc(C2C=CC=CC2)nc1COCCOCC(F)(F)F. The van der Waals surface area contributed by atoms with Crippen molar-refractivity contribution in [2.24, 2.45) is 0 Å². The molecule has 23 heavy (non-hydrogen) atoms. The lowest BCUT2D eigenvalue weighted by Crippen LogP contribution is -2.19. The average molecular weight is 329 g/mol. The predicted octanol–water partition coefficient (Wildman–Crippen LogP) is 2.75. The molecule has 0 bridgehead atoms. The van der Waals surface area contributed by atoms with Gasteiger partial charge in [-0.3, -0.25) is 0 Å². The number of nitrogen functional groups attached to an aromatic ring is 1. The third kappa shape index (κ3) is 5.99. The molecule has 5 nitrogen and oxygen atoms in total. The number of ether oxygens (including phenoxy) is 2. The van der Waals surface area contributed by atoms with Crippen LogP contribution in [0.25, 0.3) is 0 Å². The van der Waals surface area contributed by atoms with Crippen LogP contribution in [0.5, 0.6) is 0 Å². The fourth-order valence-electron chi connectivity index (χ4n) is 1.98. The van der Waals surface area contributed by atoms with Gasteiger partial charge in [0.05, 0.1) is 37.4 Å². The minimum Gasteiger partial charge on any atom is -0.396 e. The molecule has 0 saturated carbocycles. The van der Waals surface area contributed by atoms with E-state index in [1.165, 1.54) is 6.20 Å².